The minimum Gasteiger partial charge on any atom is -0.400 e. The Hall–Kier alpha value is 0.0569. The zero-order chi connectivity index (χ0) is 11.4. The highest BCUT2D eigenvalue weighted by molar-refractivity contribution is 6.38. The van der Waals surface area contributed by atoms with E-state index in [9.17, 15) is 0 Å². The number of aliphatic hydroxyl groups excluding tert-OH is 1. The Kier molecular flexibility index (Phi) is 15.4. The van der Waals surface area contributed by atoms with E-state index in [2.05, 4.69) is 6.92 Å². The quantitative estimate of drug-likeness (QED) is 0.464. The smallest absolute Gasteiger partial charge is 0.136 e. The van der Waals surface area contributed by atoms with Crippen molar-refractivity contribution in [2.24, 2.45) is 5.73 Å². The lowest BCUT2D eigenvalue weighted by molar-refractivity contribution is -0.0833. The molecule has 0 radical (unpaired) electrons. The lowest BCUT2D eigenvalue weighted by Crippen LogP contribution is -2.38. The summed E-state index contributed by atoms with van der Waals surface area (Å²) in [6.45, 7) is 7.50. The summed E-state index contributed by atoms with van der Waals surface area (Å²) < 4.78 is 10.8. The first kappa shape index (κ1) is 16.5. The first-order valence-electron chi connectivity index (χ1n) is 5.18. The molecule has 0 aliphatic heterocycles. The van der Waals surface area contributed by atoms with Gasteiger partial charge in [-0.25, -0.2) is 0 Å². The van der Waals surface area contributed by atoms with E-state index in [0.717, 1.165) is 13.5 Å². The molecule has 88 valence electrons. The highest BCUT2D eigenvalue weighted by Crippen LogP contribution is 1.96. The van der Waals surface area contributed by atoms with Crippen molar-refractivity contribution in [1.82, 2.24) is 0 Å². The van der Waals surface area contributed by atoms with E-state index in [-0.39, 0.29) is 5.91 Å². The van der Waals surface area contributed by atoms with Crippen molar-refractivity contribution in [2.45, 2.75) is 38.8 Å². The molecule has 0 spiro atoms. The Labute approximate surface area is 89.6 Å². The average molecular weight is 223 g/mol. The summed E-state index contributed by atoms with van der Waals surface area (Å²) in [5.74, 6) is 0.0231. The van der Waals surface area contributed by atoms with Gasteiger partial charge in [-0.05, 0) is 25.9 Å². The van der Waals surface area contributed by atoms with Gasteiger partial charge in [0, 0.05) is 20.3 Å². The van der Waals surface area contributed by atoms with Crippen LogP contribution in [-0.4, -0.2) is 46.5 Å². The van der Waals surface area contributed by atoms with Gasteiger partial charge in [-0.1, -0.05) is 6.92 Å². The highest BCUT2D eigenvalue weighted by atomic mass is 28.2. The maximum Gasteiger partial charge on any atom is 0.136 e. The van der Waals surface area contributed by atoms with Gasteiger partial charge in [0.2, 0.25) is 0 Å². The van der Waals surface area contributed by atoms with Crippen molar-refractivity contribution >= 4 is 9.52 Å². The molecule has 0 rings (SSSR count). The molecular weight excluding hydrogens is 198 g/mol. The zero-order valence-electron chi connectivity index (χ0n) is 9.82. The van der Waals surface area contributed by atoms with Gasteiger partial charge in [0.15, 0.2) is 0 Å². The molecule has 1 atom stereocenters. The average Bonchev–Trinajstić information content (AvgIpc) is 2.21. The van der Waals surface area contributed by atoms with E-state index in [1.165, 1.54) is 0 Å². The SMILES string of the molecule is CCOC(OCC)[SiH2]C(N)CC.CO. The topological polar surface area (TPSA) is 64.7 Å². The Bertz CT molecular complexity index is 100. The summed E-state index contributed by atoms with van der Waals surface area (Å²) in [4.78, 5) is 0. The third-order valence-corrected chi connectivity index (χ3v) is 3.76. The van der Waals surface area contributed by atoms with Crippen LogP contribution in [0, 0.1) is 0 Å². The molecule has 3 N–H and O–H groups in total. The Morgan fingerprint density at radius 1 is 1.14 bits per heavy atom. The van der Waals surface area contributed by atoms with Crippen LogP contribution >= 0.6 is 0 Å². The number of hydrogen-bond acceptors (Lipinski definition) is 4. The van der Waals surface area contributed by atoms with Crippen molar-refractivity contribution in [3.05, 3.63) is 0 Å². The van der Waals surface area contributed by atoms with E-state index in [0.29, 0.717) is 18.9 Å². The summed E-state index contributed by atoms with van der Waals surface area (Å²) in [7, 11) is 0.561. The largest absolute Gasteiger partial charge is 0.400 e. The van der Waals surface area contributed by atoms with E-state index in [1.54, 1.807) is 0 Å². The minimum absolute atomic E-state index is 0.0231. The second-order valence-corrected chi connectivity index (χ2v) is 4.93. The van der Waals surface area contributed by atoms with Gasteiger partial charge in [-0.3, -0.25) is 0 Å². The van der Waals surface area contributed by atoms with Gasteiger partial charge in [0.25, 0.3) is 0 Å². The molecule has 0 aliphatic carbocycles. The second kappa shape index (κ2) is 13.1. The van der Waals surface area contributed by atoms with Crippen LogP contribution in [0.3, 0.4) is 0 Å². The second-order valence-electron chi connectivity index (χ2n) is 2.74. The third kappa shape index (κ3) is 10.1. The number of nitrogens with two attached hydrogens (primary N) is 1. The fourth-order valence-corrected chi connectivity index (χ4v) is 2.54. The molecule has 0 aromatic heterocycles. The maximum absolute atomic E-state index is 7.00. The number of hydrogen-bond donors (Lipinski definition) is 2. The first-order valence-corrected chi connectivity index (χ1v) is 6.81. The molecule has 5 heteroatoms. The van der Waals surface area contributed by atoms with Crippen molar-refractivity contribution in [2.75, 3.05) is 20.3 Å². The lowest BCUT2D eigenvalue weighted by Gasteiger charge is -2.19. The van der Waals surface area contributed by atoms with Crippen LogP contribution in [0.25, 0.3) is 0 Å². The van der Waals surface area contributed by atoms with Crippen LogP contribution in [0.15, 0.2) is 0 Å². The minimum atomic E-state index is -0.439. The molecule has 1 unspecified atom stereocenters. The molecule has 0 aliphatic rings. The molecule has 0 saturated heterocycles. The van der Waals surface area contributed by atoms with E-state index in [1.807, 2.05) is 13.8 Å². The summed E-state index contributed by atoms with van der Waals surface area (Å²) in [5.41, 5.74) is 6.16. The van der Waals surface area contributed by atoms with Gasteiger partial charge in [-0.2, -0.15) is 0 Å². The summed E-state index contributed by atoms with van der Waals surface area (Å²) in [6.07, 6.45) is 1.03. The van der Waals surface area contributed by atoms with Crippen LogP contribution in [0.5, 0.6) is 0 Å². The lowest BCUT2D eigenvalue weighted by atomic mass is 10.5. The van der Waals surface area contributed by atoms with Crippen LogP contribution in [0.1, 0.15) is 27.2 Å². The van der Waals surface area contributed by atoms with E-state index >= 15 is 0 Å². The monoisotopic (exact) mass is 223 g/mol. The number of aliphatic hydroxyl groups is 1. The first-order chi connectivity index (χ1) is 6.74. The molecule has 0 aromatic rings. The highest BCUT2D eigenvalue weighted by Gasteiger charge is 2.12. The summed E-state index contributed by atoms with van der Waals surface area (Å²) >= 11 is 0. The zero-order valence-corrected chi connectivity index (χ0v) is 11.2. The normalized spacial score (nSPS) is 13.1. The predicted molar refractivity (Wildman–Crippen MR) is 62.0 cm³/mol. The van der Waals surface area contributed by atoms with Crippen molar-refractivity contribution < 1.29 is 14.6 Å². The summed E-state index contributed by atoms with van der Waals surface area (Å²) in [6, 6.07) is 0. The fourth-order valence-electron chi connectivity index (χ4n) is 0.970. The van der Waals surface area contributed by atoms with Gasteiger partial charge >= 0.3 is 0 Å². The van der Waals surface area contributed by atoms with Crippen LogP contribution < -0.4 is 5.73 Å². The van der Waals surface area contributed by atoms with Gasteiger partial charge in [0.05, 0.1) is 0 Å². The van der Waals surface area contributed by atoms with Gasteiger partial charge < -0.3 is 20.3 Å². The van der Waals surface area contributed by atoms with E-state index < -0.39 is 9.52 Å². The van der Waals surface area contributed by atoms with Crippen LogP contribution in [0.2, 0.25) is 0 Å². The molecule has 14 heavy (non-hydrogen) atoms. The molecule has 0 fully saturated rings. The Morgan fingerprint density at radius 2 is 1.57 bits per heavy atom. The molecule has 0 aromatic carbocycles. The third-order valence-electron chi connectivity index (χ3n) is 1.72. The predicted octanol–water partition coefficient (Wildman–Crippen LogP) is -0.185. The summed E-state index contributed by atoms with van der Waals surface area (Å²) in [5, 5.41) is 7.00. The standard InChI is InChI=1S/C8H21NO2Si.CH4O/c1-4-7(9)12-8(10-5-2)11-6-3;1-2/h7-8H,4-6,9,12H2,1-3H3;2H,1H3. The Balaban J connectivity index is 0. The molecule has 0 bridgehead atoms. The van der Waals surface area contributed by atoms with Gasteiger partial charge in [-0.15, -0.1) is 0 Å². The van der Waals surface area contributed by atoms with Crippen molar-refractivity contribution in [1.29, 1.82) is 0 Å². The van der Waals surface area contributed by atoms with E-state index in [4.69, 9.17) is 20.3 Å². The molecule has 0 heterocycles. The van der Waals surface area contributed by atoms with Crippen LogP contribution in [0.4, 0.5) is 0 Å². The molecule has 4 nitrogen and oxygen atoms in total. The maximum atomic E-state index is 7.00. The van der Waals surface area contributed by atoms with Crippen molar-refractivity contribution in [3.63, 3.8) is 0 Å². The van der Waals surface area contributed by atoms with Crippen LogP contribution in [-0.2, 0) is 9.47 Å². The number of rotatable bonds is 7. The molecular formula is C9H25NO3Si. The molecule has 0 saturated carbocycles. The molecule has 0 amide bonds. The van der Waals surface area contributed by atoms with Gasteiger partial charge in [0.1, 0.15) is 15.4 Å². The Morgan fingerprint density at radius 3 is 1.86 bits per heavy atom. The number of ether oxygens (including phenoxy) is 2. The van der Waals surface area contributed by atoms with Crippen molar-refractivity contribution in [3.8, 4) is 0 Å². The fraction of sp³-hybridized carbons (Fsp3) is 1.00.